The molecule has 0 bridgehead atoms. The van der Waals surface area contributed by atoms with E-state index >= 15 is 0 Å². The van der Waals surface area contributed by atoms with Crippen LogP contribution < -0.4 is 9.47 Å². The third-order valence-electron chi connectivity index (χ3n) is 2.46. The number of ether oxygens (including phenoxy) is 2. The molecular formula is C13H17F3O2. The number of para-hydroxylation sites is 2. The Labute approximate surface area is 105 Å². The average molecular weight is 262 g/mol. The summed E-state index contributed by atoms with van der Waals surface area (Å²) in [6.07, 6.45) is -3.39. The summed E-state index contributed by atoms with van der Waals surface area (Å²) in [7, 11) is 0. The molecule has 0 aliphatic rings. The minimum absolute atomic E-state index is 0.123. The van der Waals surface area contributed by atoms with Crippen LogP contribution in [-0.4, -0.2) is 19.4 Å². The highest BCUT2D eigenvalue weighted by Crippen LogP contribution is 2.28. The maximum absolute atomic E-state index is 12.1. The second kappa shape index (κ2) is 6.52. The molecule has 0 saturated carbocycles. The lowest BCUT2D eigenvalue weighted by Gasteiger charge is -2.15. The van der Waals surface area contributed by atoms with Gasteiger partial charge in [-0.1, -0.05) is 32.4 Å². The van der Waals surface area contributed by atoms with Gasteiger partial charge in [0.05, 0.1) is 6.61 Å². The summed E-state index contributed by atoms with van der Waals surface area (Å²) < 4.78 is 46.4. The first kappa shape index (κ1) is 14.7. The van der Waals surface area contributed by atoms with Gasteiger partial charge in [0, 0.05) is 0 Å². The van der Waals surface area contributed by atoms with E-state index in [1.165, 1.54) is 6.07 Å². The van der Waals surface area contributed by atoms with E-state index in [0.29, 0.717) is 18.3 Å². The van der Waals surface area contributed by atoms with Crippen molar-refractivity contribution in [2.45, 2.75) is 26.4 Å². The first-order chi connectivity index (χ1) is 8.42. The molecule has 0 aromatic heterocycles. The summed E-state index contributed by atoms with van der Waals surface area (Å²) in [5.41, 5.74) is 0. The smallest absolute Gasteiger partial charge is 0.422 e. The van der Waals surface area contributed by atoms with Crippen LogP contribution in [0.1, 0.15) is 20.3 Å². The molecule has 0 radical (unpaired) electrons. The number of alkyl halides is 3. The van der Waals surface area contributed by atoms with Gasteiger partial charge in [-0.05, 0) is 18.1 Å². The number of halogens is 3. The lowest BCUT2D eigenvalue weighted by Crippen LogP contribution is -2.19. The molecule has 0 aliphatic carbocycles. The summed E-state index contributed by atoms with van der Waals surface area (Å²) in [6, 6.07) is 6.39. The highest BCUT2D eigenvalue weighted by atomic mass is 19.4. The molecule has 0 saturated heterocycles. The van der Waals surface area contributed by atoms with Gasteiger partial charge in [0.1, 0.15) is 0 Å². The molecule has 1 aromatic carbocycles. The highest BCUT2D eigenvalue weighted by Gasteiger charge is 2.28. The fraction of sp³-hybridized carbons (Fsp3) is 0.538. The van der Waals surface area contributed by atoms with Crippen LogP contribution in [0.15, 0.2) is 24.3 Å². The maximum atomic E-state index is 12.1. The summed E-state index contributed by atoms with van der Waals surface area (Å²) in [4.78, 5) is 0. The lowest BCUT2D eigenvalue weighted by atomic mass is 10.1. The van der Waals surface area contributed by atoms with Crippen molar-refractivity contribution in [1.29, 1.82) is 0 Å². The van der Waals surface area contributed by atoms with Gasteiger partial charge in [-0.25, -0.2) is 0 Å². The van der Waals surface area contributed by atoms with Crippen molar-refractivity contribution in [3.63, 3.8) is 0 Å². The van der Waals surface area contributed by atoms with E-state index in [-0.39, 0.29) is 5.75 Å². The Morgan fingerprint density at radius 1 is 1.11 bits per heavy atom. The molecule has 0 spiro atoms. The third-order valence-corrected chi connectivity index (χ3v) is 2.46. The molecule has 0 heterocycles. The Morgan fingerprint density at radius 2 is 1.67 bits per heavy atom. The monoisotopic (exact) mass is 262 g/mol. The van der Waals surface area contributed by atoms with E-state index < -0.39 is 12.8 Å². The minimum Gasteiger partial charge on any atom is -0.489 e. The van der Waals surface area contributed by atoms with E-state index in [1.807, 2.05) is 13.8 Å². The van der Waals surface area contributed by atoms with Gasteiger partial charge in [-0.15, -0.1) is 0 Å². The SMILES string of the molecule is CCC(C)COc1ccccc1OCC(F)(F)F. The Bertz CT molecular complexity index is 363. The molecule has 0 fully saturated rings. The van der Waals surface area contributed by atoms with Crippen LogP contribution in [0.4, 0.5) is 13.2 Å². The number of rotatable bonds is 6. The summed E-state index contributed by atoms with van der Waals surface area (Å²) in [6.45, 7) is 3.19. The van der Waals surface area contributed by atoms with Crippen molar-refractivity contribution in [1.82, 2.24) is 0 Å². The standard InChI is InChI=1S/C13H17F3O2/c1-3-10(2)8-17-11-6-4-5-7-12(11)18-9-13(14,15)16/h4-7,10H,3,8-9H2,1-2H3. The number of hydrogen-bond acceptors (Lipinski definition) is 2. The van der Waals surface area contributed by atoms with Crippen LogP contribution in [0, 0.1) is 5.92 Å². The fourth-order valence-electron chi connectivity index (χ4n) is 1.20. The van der Waals surface area contributed by atoms with Gasteiger partial charge in [0.25, 0.3) is 0 Å². The van der Waals surface area contributed by atoms with Gasteiger partial charge in [-0.2, -0.15) is 13.2 Å². The maximum Gasteiger partial charge on any atom is 0.422 e. The molecule has 18 heavy (non-hydrogen) atoms. The fourth-order valence-corrected chi connectivity index (χ4v) is 1.20. The van der Waals surface area contributed by atoms with Crippen LogP contribution in [0.5, 0.6) is 11.5 Å². The lowest BCUT2D eigenvalue weighted by molar-refractivity contribution is -0.153. The average Bonchev–Trinajstić information content (AvgIpc) is 2.33. The van der Waals surface area contributed by atoms with Gasteiger partial charge < -0.3 is 9.47 Å². The second-order valence-corrected chi connectivity index (χ2v) is 4.18. The van der Waals surface area contributed by atoms with Crippen molar-refractivity contribution >= 4 is 0 Å². The minimum atomic E-state index is -4.34. The molecule has 0 N–H and O–H groups in total. The zero-order chi connectivity index (χ0) is 13.6. The van der Waals surface area contributed by atoms with Crippen molar-refractivity contribution in [3.05, 3.63) is 24.3 Å². The molecule has 1 rings (SSSR count). The van der Waals surface area contributed by atoms with Crippen LogP contribution in [0.3, 0.4) is 0 Å². The normalized spacial score (nSPS) is 13.2. The van der Waals surface area contributed by atoms with Crippen LogP contribution in [0.25, 0.3) is 0 Å². The van der Waals surface area contributed by atoms with Crippen molar-refractivity contribution in [2.75, 3.05) is 13.2 Å². The summed E-state index contributed by atoms with van der Waals surface area (Å²) >= 11 is 0. The van der Waals surface area contributed by atoms with E-state index in [4.69, 9.17) is 9.47 Å². The molecule has 0 amide bonds. The van der Waals surface area contributed by atoms with Gasteiger partial charge in [0.2, 0.25) is 0 Å². The van der Waals surface area contributed by atoms with Gasteiger partial charge in [0.15, 0.2) is 18.1 Å². The zero-order valence-corrected chi connectivity index (χ0v) is 10.5. The Kier molecular flexibility index (Phi) is 5.31. The van der Waals surface area contributed by atoms with E-state index in [9.17, 15) is 13.2 Å². The first-order valence-corrected chi connectivity index (χ1v) is 5.83. The summed E-state index contributed by atoms with van der Waals surface area (Å²) in [5, 5.41) is 0. The predicted molar refractivity (Wildman–Crippen MR) is 62.9 cm³/mol. The van der Waals surface area contributed by atoms with Crippen molar-refractivity contribution < 1.29 is 22.6 Å². The van der Waals surface area contributed by atoms with E-state index in [0.717, 1.165) is 6.42 Å². The largest absolute Gasteiger partial charge is 0.489 e. The second-order valence-electron chi connectivity index (χ2n) is 4.18. The molecule has 0 aliphatic heterocycles. The van der Waals surface area contributed by atoms with E-state index in [2.05, 4.69) is 0 Å². The molecule has 5 heteroatoms. The Morgan fingerprint density at radius 3 is 2.17 bits per heavy atom. The van der Waals surface area contributed by atoms with Gasteiger partial charge >= 0.3 is 6.18 Å². The molecule has 1 aromatic rings. The quantitative estimate of drug-likeness (QED) is 0.770. The Balaban J connectivity index is 2.62. The predicted octanol–water partition coefficient (Wildman–Crippen LogP) is 4.05. The van der Waals surface area contributed by atoms with Crippen LogP contribution in [-0.2, 0) is 0 Å². The third kappa shape index (κ3) is 5.29. The number of benzene rings is 1. The van der Waals surface area contributed by atoms with E-state index in [1.54, 1.807) is 18.2 Å². The van der Waals surface area contributed by atoms with Gasteiger partial charge in [-0.3, -0.25) is 0 Å². The topological polar surface area (TPSA) is 18.5 Å². The first-order valence-electron chi connectivity index (χ1n) is 5.83. The zero-order valence-electron chi connectivity index (χ0n) is 10.5. The highest BCUT2D eigenvalue weighted by molar-refractivity contribution is 5.39. The van der Waals surface area contributed by atoms with Crippen molar-refractivity contribution in [3.8, 4) is 11.5 Å². The molecule has 102 valence electrons. The summed E-state index contributed by atoms with van der Waals surface area (Å²) in [5.74, 6) is 0.820. The number of hydrogen-bond donors (Lipinski definition) is 0. The van der Waals surface area contributed by atoms with Crippen LogP contribution >= 0.6 is 0 Å². The van der Waals surface area contributed by atoms with Crippen molar-refractivity contribution in [2.24, 2.45) is 5.92 Å². The van der Waals surface area contributed by atoms with Crippen LogP contribution in [0.2, 0.25) is 0 Å². The Hall–Kier alpha value is -1.39. The molecule has 1 atom stereocenters. The molecule has 1 unspecified atom stereocenters. The molecular weight excluding hydrogens is 245 g/mol. The molecule has 2 nitrogen and oxygen atoms in total.